The minimum absolute atomic E-state index is 0.00478. The second kappa shape index (κ2) is 23.0. The van der Waals surface area contributed by atoms with Gasteiger partial charge in [0, 0.05) is 52.9 Å². The number of rotatable bonds is 27. The Hall–Kier alpha value is -3.52. The van der Waals surface area contributed by atoms with Gasteiger partial charge in [0.2, 0.25) is 0 Å². The molecule has 0 bridgehead atoms. The maximum absolute atomic E-state index is 12.6. The Morgan fingerprint density at radius 1 is 0.878 bits per heavy atom. The number of hydrogen-bond acceptors (Lipinski definition) is 17. The Labute approximate surface area is 283 Å². The summed E-state index contributed by atoms with van der Waals surface area (Å²) in [5.74, 6) is -3.91. The first-order chi connectivity index (χ1) is 23.1. The van der Waals surface area contributed by atoms with Crippen molar-refractivity contribution in [2.75, 3.05) is 72.6 Å². The number of aliphatic carboxylic acids is 2. The molecule has 0 aromatic heterocycles. The fourth-order valence-corrected chi connectivity index (χ4v) is 5.96. The maximum Gasteiger partial charge on any atom is 0.472 e. The quantitative estimate of drug-likeness (QED) is 0.0243. The van der Waals surface area contributed by atoms with Crippen LogP contribution in [-0.4, -0.2) is 157 Å². The fraction of sp³-hybridized carbons (Fsp3) is 0.750. The van der Waals surface area contributed by atoms with E-state index in [-0.39, 0.29) is 83.9 Å². The van der Waals surface area contributed by atoms with Gasteiger partial charge >= 0.3 is 31.7 Å². The number of hydrogen-bond donors (Lipinski definition) is 3. The molecule has 0 saturated carbocycles. The van der Waals surface area contributed by atoms with E-state index in [1.807, 2.05) is 0 Å². The normalized spacial score (nSPS) is 18.8. The molecule has 20 nitrogen and oxygen atoms in total. The van der Waals surface area contributed by atoms with Crippen molar-refractivity contribution < 1.29 is 81.2 Å². The molecule has 3 N–H and O–H groups in total. The molecule has 1 fully saturated rings. The molecule has 280 valence electrons. The fourth-order valence-electron chi connectivity index (χ4n) is 5.17. The zero-order valence-corrected chi connectivity index (χ0v) is 28.5. The van der Waals surface area contributed by atoms with Crippen molar-refractivity contribution >= 4 is 50.4 Å². The van der Waals surface area contributed by atoms with E-state index < -0.39 is 69.8 Å². The highest BCUT2D eigenvalue weighted by Gasteiger charge is 2.43. The minimum Gasteiger partial charge on any atom is -0.480 e. The Morgan fingerprint density at radius 2 is 1.53 bits per heavy atom. The third-order valence-corrected chi connectivity index (χ3v) is 8.16. The smallest absolute Gasteiger partial charge is 0.472 e. The van der Waals surface area contributed by atoms with Crippen LogP contribution >= 0.6 is 7.82 Å². The molecule has 1 rings (SSSR count). The topological polar surface area (TPSA) is 262 Å². The van der Waals surface area contributed by atoms with Crippen molar-refractivity contribution in [1.82, 2.24) is 14.7 Å². The van der Waals surface area contributed by atoms with Gasteiger partial charge in [-0.05, 0) is 19.3 Å². The molecule has 1 saturated heterocycles. The Morgan fingerprint density at radius 3 is 2.14 bits per heavy atom. The molecule has 1 aliphatic rings. The van der Waals surface area contributed by atoms with E-state index in [1.54, 1.807) is 9.80 Å². The van der Waals surface area contributed by atoms with Gasteiger partial charge in [-0.1, -0.05) is 6.42 Å². The summed E-state index contributed by atoms with van der Waals surface area (Å²) >= 11 is 0. The van der Waals surface area contributed by atoms with Crippen LogP contribution < -0.4 is 0 Å². The van der Waals surface area contributed by atoms with Crippen molar-refractivity contribution in [3.8, 4) is 0 Å². The van der Waals surface area contributed by atoms with Crippen molar-refractivity contribution in [2.45, 2.75) is 64.0 Å². The molecule has 3 unspecified atom stereocenters. The summed E-state index contributed by atoms with van der Waals surface area (Å²) in [6.07, 6.45) is -0.00154. The molecule has 0 aliphatic carbocycles. The van der Waals surface area contributed by atoms with Gasteiger partial charge in [-0.3, -0.25) is 57.3 Å². The highest BCUT2D eigenvalue weighted by atomic mass is 31.2. The predicted molar refractivity (Wildman–Crippen MR) is 163 cm³/mol. The predicted octanol–water partition coefficient (Wildman–Crippen LogP) is -0.387. The van der Waals surface area contributed by atoms with Gasteiger partial charge in [-0.15, -0.1) is 0 Å². The third-order valence-electron chi connectivity index (χ3n) is 7.18. The molecule has 0 amide bonds. The molecule has 21 heteroatoms. The molecule has 0 aromatic rings. The number of carboxylic acids is 2. The van der Waals surface area contributed by atoms with Gasteiger partial charge in [0.1, 0.15) is 25.9 Å². The number of carboxylic acid groups (broad SMARTS) is 2. The molecule has 0 spiro atoms. The Balaban J connectivity index is 2.80. The average molecular weight is 728 g/mol. The average Bonchev–Trinajstić information content (AvgIpc) is 3.18. The van der Waals surface area contributed by atoms with Crippen LogP contribution in [0.4, 0.5) is 0 Å². The van der Waals surface area contributed by atoms with Crippen LogP contribution in [0.2, 0.25) is 0 Å². The summed E-state index contributed by atoms with van der Waals surface area (Å²) in [5, 5.41) is 19.1. The number of unbranched alkanes of at least 4 members (excludes halogenated alkanes) is 1. The number of phosphoric acid groups is 1. The largest absolute Gasteiger partial charge is 0.480 e. The van der Waals surface area contributed by atoms with E-state index >= 15 is 0 Å². The number of ketones is 1. The molecule has 49 heavy (non-hydrogen) atoms. The van der Waals surface area contributed by atoms with E-state index in [1.165, 1.54) is 4.90 Å². The van der Waals surface area contributed by atoms with Crippen LogP contribution in [0.5, 0.6) is 0 Å². The van der Waals surface area contributed by atoms with E-state index in [4.69, 9.17) is 28.0 Å². The van der Waals surface area contributed by atoms with Crippen LogP contribution in [0.3, 0.4) is 0 Å². The summed E-state index contributed by atoms with van der Waals surface area (Å²) in [4.78, 5) is 94.8. The highest BCUT2D eigenvalue weighted by molar-refractivity contribution is 7.47. The number of carbonyl (C=O) groups is 7. The Kier molecular flexibility index (Phi) is 20.4. The lowest BCUT2D eigenvalue weighted by molar-refractivity contribution is -0.158. The number of carbonyl (C=O) groups excluding carboxylic acids is 5. The van der Waals surface area contributed by atoms with Gasteiger partial charge in [-0.25, -0.2) is 4.57 Å². The molecule has 1 heterocycles. The number of phosphoric ester groups is 1. The number of nitrogens with zero attached hydrogens (tertiary/aromatic N) is 3. The lowest BCUT2D eigenvalue weighted by Gasteiger charge is -2.45. The van der Waals surface area contributed by atoms with Crippen molar-refractivity contribution in [3.63, 3.8) is 0 Å². The molecular formula is C28H46N3O17P. The lowest BCUT2D eigenvalue weighted by atomic mass is 9.88. The first kappa shape index (κ1) is 43.5. The monoisotopic (exact) mass is 727 g/mol. The molecular weight excluding hydrogens is 681 g/mol. The summed E-state index contributed by atoms with van der Waals surface area (Å²) in [6, 6.07) is 0. The van der Waals surface area contributed by atoms with Gasteiger partial charge < -0.3 is 34.1 Å². The minimum atomic E-state index is -4.60. The maximum atomic E-state index is 12.6. The summed E-state index contributed by atoms with van der Waals surface area (Å²) < 4.78 is 41.3. The highest BCUT2D eigenvalue weighted by Crippen LogP contribution is 2.43. The van der Waals surface area contributed by atoms with Gasteiger partial charge in [0.05, 0.1) is 31.8 Å². The van der Waals surface area contributed by atoms with Crippen LogP contribution in [-0.2, 0) is 66.1 Å². The van der Waals surface area contributed by atoms with E-state index in [9.17, 15) is 53.2 Å². The molecule has 3 atom stereocenters. The second-order valence-corrected chi connectivity index (χ2v) is 12.7. The first-order valence-corrected chi connectivity index (χ1v) is 16.8. The van der Waals surface area contributed by atoms with E-state index in [0.717, 1.165) is 13.8 Å². The van der Waals surface area contributed by atoms with Crippen LogP contribution in [0, 0.1) is 0 Å². The van der Waals surface area contributed by atoms with Crippen molar-refractivity contribution in [2.24, 2.45) is 0 Å². The van der Waals surface area contributed by atoms with Crippen LogP contribution in [0.1, 0.15) is 52.4 Å². The first-order valence-electron chi connectivity index (χ1n) is 15.3. The number of Topliss-reactive ketones (excluding diaryl/α,β-unsaturated/α-hetero) is 1. The Bertz CT molecular complexity index is 1160. The molecule has 1 aliphatic heterocycles. The number of ether oxygens (including phenoxy) is 4. The van der Waals surface area contributed by atoms with E-state index in [2.05, 4.69) is 0 Å². The molecule has 0 radical (unpaired) electrons. The summed E-state index contributed by atoms with van der Waals surface area (Å²) in [5.41, 5.74) is -1.09. The van der Waals surface area contributed by atoms with Gasteiger partial charge in [-0.2, -0.15) is 0 Å². The zero-order valence-electron chi connectivity index (χ0n) is 27.6. The SMILES string of the molecule is CC(=O)OCC(COP(=O)(O)OCCCC(=O)CCCCC1(N(COC=O)CC(=O)O)CN(COC=O)CCN(CC(=O)O)C1)OC(C)=O. The number of esters is 2. The van der Waals surface area contributed by atoms with Gasteiger partial charge in [0.25, 0.3) is 12.9 Å². The standard InChI is InChI=1S/C28H46N3O17P/c1-22(34)45-14-25(48-23(2)35)15-47-49(41,42)46-11-5-7-24(36)6-3-4-8-28(31(13-27(39)40)19-44-21-33)16-29(12-26(37)38)9-10-30(17-28)18-43-20-32/h20-21,25H,3-19H2,1-2H3,(H,37,38)(H,39,40)(H,41,42). The van der Waals surface area contributed by atoms with Crippen LogP contribution in [0.15, 0.2) is 0 Å². The van der Waals surface area contributed by atoms with Crippen molar-refractivity contribution in [1.29, 1.82) is 0 Å². The zero-order chi connectivity index (χ0) is 36.9. The molecule has 0 aromatic carbocycles. The summed E-state index contributed by atoms with van der Waals surface area (Å²) in [7, 11) is -4.60. The van der Waals surface area contributed by atoms with E-state index in [0.29, 0.717) is 19.4 Å². The lowest BCUT2D eigenvalue weighted by Crippen LogP contribution is -2.61. The second-order valence-electron chi connectivity index (χ2n) is 11.2. The van der Waals surface area contributed by atoms with Crippen LogP contribution in [0.25, 0.3) is 0 Å². The van der Waals surface area contributed by atoms with Gasteiger partial charge in [0.15, 0.2) is 6.10 Å². The third kappa shape index (κ3) is 19.3. The summed E-state index contributed by atoms with van der Waals surface area (Å²) in [6.45, 7) is 0.641. The van der Waals surface area contributed by atoms with Crippen molar-refractivity contribution in [3.05, 3.63) is 0 Å².